The number of benzene rings is 1. The first-order valence-electron chi connectivity index (χ1n) is 8.88. The summed E-state index contributed by atoms with van der Waals surface area (Å²) in [6.45, 7) is 4.56. The van der Waals surface area contributed by atoms with Crippen LogP contribution >= 0.6 is 0 Å². The van der Waals surface area contributed by atoms with Crippen molar-refractivity contribution in [3.8, 4) is 5.75 Å². The molecule has 0 aromatic heterocycles. The molecule has 3 rings (SSSR count). The Morgan fingerprint density at radius 3 is 2.52 bits per heavy atom. The zero-order chi connectivity index (χ0) is 18.0. The standard InChI is InChI=1S/C19H24N2O4/c1-13-8-9-14(2)16(12-13)25-11-5-10-20-17(22)18(23)21(19(20)24)15-6-3-4-7-15/h8-9,12,15H,3-7,10-11H2,1-2H3. The number of amides is 4. The number of carbonyl (C=O) groups is 3. The van der Waals surface area contributed by atoms with Crippen molar-refractivity contribution in [1.29, 1.82) is 0 Å². The van der Waals surface area contributed by atoms with Gasteiger partial charge in [0.25, 0.3) is 0 Å². The Kier molecular flexibility index (Phi) is 5.06. The van der Waals surface area contributed by atoms with Crippen molar-refractivity contribution < 1.29 is 19.1 Å². The van der Waals surface area contributed by atoms with Crippen LogP contribution in [0.5, 0.6) is 5.75 Å². The first-order chi connectivity index (χ1) is 12.0. The molecule has 1 aliphatic carbocycles. The van der Waals surface area contributed by atoms with Crippen LogP contribution in [0.25, 0.3) is 0 Å². The van der Waals surface area contributed by atoms with Crippen LogP contribution in [0.4, 0.5) is 4.79 Å². The number of carbonyl (C=O) groups excluding carboxylic acids is 3. The fourth-order valence-corrected chi connectivity index (χ4v) is 3.47. The van der Waals surface area contributed by atoms with Crippen LogP contribution in [-0.2, 0) is 9.59 Å². The van der Waals surface area contributed by atoms with Crippen molar-refractivity contribution in [3.63, 3.8) is 0 Å². The van der Waals surface area contributed by atoms with Gasteiger partial charge < -0.3 is 4.74 Å². The Morgan fingerprint density at radius 2 is 1.80 bits per heavy atom. The Labute approximate surface area is 147 Å². The van der Waals surface area contributed by atoms with Gasteiger partial charge in [0.2, 0.25) is 0 Å². The van der Waals surface area contributed by atoms with Crippen molar-refractivity contribution in [2.45, 2.75) is 52.0 Å². The quantitative estimate of drug-likeness (QED) is 0.452. The van der Waals surface area contributed by atoms with E-state index in [9.17, 15) is 14.4 Å². The average molecular weight is 344 g/mol. The number of rotatable bonds is 6. The number of aryl methyl sites for hydroxylation is 2. The van der Waals surface area contributed by atoms with Gasteiger partial charge in [-0.1, -0.05) is 25.0 Å². The Morgan fingerprint density at radius 1 is 1.08 bits per heavy atom. The molecule has 1 saturated carbocycles. The Balaban J connectivity index is 1.54. The first kappa shape index (κ1) is 17.5. The lowest BCUT2D eigenvalue weighted by Gasteiger charge is -2.21. The monoisotopic (exact) mass is 344 g/mol. The molecule has 134 valence electrons. The van der Waals surface area contributed by atoms with E-state index in [2.05, 4.69) is 0 Å². The zero-order valence-electron chi connectivity index (χ0n) is 14.8. The summed E-state index contributed by atoms with van der Waals surface area (Å²) in [5.74, 6) is -0.571. The van der Waals surface area contributed by atoms with Crippen LogP contribution in [0, 0.1) is 13.8 Å². The second-order valence-electron chi connectivity index (χ2n) is 6.82. The molecule has 6 heteroatoms. The molecule has 1 heterocycles. The van der Waals surface area contributed by atoms with Crippen LogP contribution in [-0.4, -0.2) is 46.8 Å². The van der Waals surface area contributed by atoms with Gasteiger partial charge in [-0.25, -0.2) is 4.79 Å². The second-order valence-corrected chi connectivity index (χ2v) is 6.82. The SMILES string of the molecule is Cc1ccc(C)c(OCCCN2C(=O)C(=O)N(C3CCCC3)C2=O)c1. The van der Waals surface area contributed by atoms with E-state index < -0.39 is 17.8 Å². The molecule has 1 aromatic rings. The molecular formula is C19H24N2O4. The summed E-state index contributed by atoms with van der Waals surface area (Å²) in [6.07, 6.45) is 4.10. The molecule has 0 unspecified atom stereocenters. The van der Waals surface area contributed by atoms with Gasteiger partial charge in [-0.2, -0.15) is 0 Å². The normalized spacial score (nSPS) is 18.6. The van der Waals surface area contributed by atoms with E-state index in [1.807, 2.05) is 32.0 Å². The third-order valence-corrected chi connectivity index (χ3v) is 4.90. The molecule has 6 nitrogen and oxygen atoms in total. The lowest BCUT2D eigenvalue weighted by Crippen LogP contribution is -2.40. The van der Waals surface area contributed by atoms with E-state index in [1.54, 1.807) is 0 Å². The van der Waals surface area contributed by atoms with E-state index >= 15 is 0 Å². The average Bonchev–Trinajstić information content (AvgIpc) is 3.17. The minimum absolute atomic E-state index is 0.111. The Hall–Kier alpha value is -2.37. The van der Waals surface area contributed by atoms with Crippen molar-refractivity contribution in [3.05, 3.63) is 29.3 Å². The van der Waals surface area contributed by atoms with Crippen LogP contribution in [0.1, 0.15) is 43.2 Å². The van der Waals surface area contributed by atoms with Gasteiger partial charge >= 0.3 is 17.8 Å². The molecule has 0 spiro atoms. The van der Waals surface area contributed by atoms with E-state index in [-0.39, 0.29) is 12.6 Å². The maximum Gasteiger partial charge on any atom is 0.334 e. The summed E-state index contributed by atoms with van der Waals surface area (Å²) < 4.78 is 5.75. The van der Waals surface area contributed by atoms with Crippen molar-refractivity contribution in [1.82, 2.24) is 9.80 Å². The fraction of sp³-hybridized carbons (Fsp3) is 0.526. The predicted molar refractivity (Wildman–Crippen MR) is 92.2 cm³/mol. The summed E-state index contributed by atoms with van der Waals surface area (Å²) in [7, 11) is 0. The number of hydrogen-bond donors (Lipinski definition) is 0. The maximum atomic E-state index is 12.4. The van der Waals surface area contributed by atoms with Crippen molar-refractivity contribution in [2.24, 2.45) is 0 Å². The number of ether oxygens (including phenoxy) is 1. The minimum atomic E-state index is -0.705. The van der Waals surface area contributed by atoms with E-state index in [0.29, 0.717) is 13.0 Å². The minimum Gasteiger partial charge on any atom is -0.493 e. The van der Waals surface area contributed by atoms with Gasteiger partial charge in [-0.15, -0.1) is 0 Å². The third-order valence-electron chi connectivity index (χ3n) is 4.90. The van der Waals surface area contributed by atoms with E-state index in [1.165, 1.54) is 4.90 Å². The van der Waals surface area contributed by atoms with E-state index in [0.717, 1.165) is 47.5 Å². The summed E-state index contributed by atoms with van der Waals surface area (Å²) in [4.78, 5) is 38.9. The second kappa shape index (κ2) is 7.25. The van der Waals surface area contributed by atoms with Crippen LogP contribution in [0.3, 0.4) is 0 Å². The van der Waals surface area contributed by atoms with Gasteiger partial charge in [0.1, 0.15) is 5.75 Å². The first-order valence-corrected chi connectivity index (χ1v) is 8.88. The summed E-state index contributed by atoms with van der Waals surface area (Å²) in [6, 6.07) is 5.41. The van der Waals surface area contributed by atoms with E-state index in [4.69, 9.17) is 4.74 Å². The third kappa shape index (κ3) is 3.52. The van der Waals surface area contributed by atoms with Gasteiger partial charge in [-0.3, -0.25) is 19.4 Å². The Bertz CT molecular complexity index is 695. The molecule has 0 bridgehead atoms. The zero-order valence-corrected chi connectivity index (χ0v) is 14.8. The highest BCUT2D eigenvalue weighted by atomic mass is 16.5. The fourth-order valence-electron chi connectivity index (χ4n) is 3.47. The molecular weight excluding hydrogens is 320 g/mol. The highest BCUT2D eigenvalue weighted by molar-refractivity contribution is 6.44. The molecule has 0 N–H and O–H groups in total. The lowest BCUT2D eigenvalue weighted by atomic mass is 10.1. The van der Waals surface area contributed by atoms with Gasteiger partial charge in [0, 0.05) is 12.6 Å². The maximum absolute atomic E-state index is 12.4. The number of urea groups is 1. The molecule has 2 aliphatic rings. The molecule has 2 fully saturated rings. The number of nitrogens with zero attached hydrogens (tertiary/aromatic N) is 2. The summed E-state index contributed by atoms with van der Waals surface area (Å²) in [5.41, 5.74) is 2.16. The lowest BCUT2D eigenvalue weighted by molar-refractivity contribution is -0.144. The number of hydrogen-bond acceptors (Lipinski definition) is 4. The van der Waals surface area contributed by atoms with Gasteiger partial charge in [0.15, 0.2) is 0 Å². The molecule has 1 saturated heterocycles. The molecule has 0 radical (unpaired) electrons. The molecule has 25 heavy (non-hydrogen) atoms. The summed E-state index contributed by atoms with van der Waals surface area (Å²) >= 11 is 0. The van der Waals surface area contributed by atoms with Crippen LogP contribution < -0.4 is 4.74 Å². The highest BCUT2D eigenvalue weighted by Gasteiger charge is 2.47. The number of imide groups is 2. The van der Waals surface area contributed by atoms with Crippen molar-refractivity contribution in [2.75, 3.05) is 13.2 Å². The van der Waals surface area contributed by atoms with Crippen LogP contribution in [0.15, 0.2) is 18.2 Å². The largest absolute Gasteiger partial charge is 0.493 e. The van der Waals surface area contributed by atoms with Gasteiger partial charge in [0.05, 0.1) is 6.61 Å². The summed E-state index contributed by atoms with van der Waals surface area (Å²) in [5, 5.41) is 0. The van der Waals surface area contributed by atoms with Crippen LogP contribution in [0.2, 0.25) is 0 Å². The molecule has 4 amide bonds. The van der Waals surface area contributed by atoms with Crippen molar-refractivity contribution >= 4 is 17.8 Å². The smallest absolute Gasteiger partial charge is 0.334 e. The molecule has 1 aromatic carbocycles. The predicted octanol–water partition coefficient (Wildman–Crippen LogP) is 2.81. The molecule has 1 aliphatic heterocycles. The molecule has 0 atom stereocenters. The highest BCUT2D eigenvalue weighted by Crippen LogP contribution is 2.27. The van der Waals surface area contributed by atoms with Gasteiger partial charge in [-0.05, 0) is 50.3 Å². The topological polar surface area (TPSA) is 66.9 Å².